The quantitative estimate of drug-likeness (QED) is 0.335. The zero-order valence-electron chi connectivity index (χ0n) is 16.1. The van der Waals surface area contributed by atoms with E-state index < -0.39 is 0 Å². The highest BCUT2D eigenvalue weighted by Gasteiger charge is 2.14. The van der Waals surface area contributed by atoms with Crippen LogP contribution in [0.5, 0.6) is 0 Å². The molecular weight excluding hydrogens is 435 g/mol. The summed E-state index contributed by atoms with van der Waals surface area (Å²) < 4.78 is 1.52. The van der Waals surface area contributed by atoms with Crippen molar-refractivity contribution >= 4 is 57.2 Å². The number of nitrogens with one attached hydrogen (secondary N) is 3. The second-order valence-electron chi connectivity index (χ2n) is 6.97. The Morgan fingerprint density at radius 3 is 2.81 bits per heavy atom. The Labute approximate surface area is 187 Å². The Hall–Kier alpha value is -3.55. The first-order valence-electron chi connectivity index (χ1n) is 9.48. The molecule has 0 radical (unpaired) electrons. The van der Waals surface area contributed by atoms with Crippen molar-refractivity contribution in [3.63, 3.8) is 0 Å². The van der Waals surface area contributed by atoms with Crippen LogP contribution in [0.25, 0.3) is 16.6 Å². The molecule has 0 saturated carbocycles. The number of hydrogen-bond donors (Lipinski definition) is 3. The lowest BCUT2D eigenvalue weighted by atomic mass is 10.2. The average Bonchev–Trinajstić information content (AvgIpc) is 3.40. The van der Waals surface area contributed by atoms with E-state index in [1.165, 1.54) is 10.7 Å². The van der Waals surface area contributed by atoms with Crippen molar-refractivity contribution in [2.75, 3.05) is 10.6 Å². The van der Waals surface area contributed by atoms with Gasteiger partial charge in [-0.15, -0.1) is 5.10 Å². The molecule has 0 saturated heterocycles. The molecule has 1 amide bonds. The molecule has 31 heavy (non-hydrogen) atoms. The lowest BCUT2D eigenvalue weighted by molar-refractivity contribution is 0.102. The number of H-pyrrole nitrogens is 1. The SMILES string of the molecule is O=C(Nc1ccc2[nH]ccc2c1)c1cnc2ccc(NCc3ccc(Cl)c(Cl)c3)nn12. The van der Waals surface area contributed by atoms with E-state index in [9.17, 15) is 4.79 Å². The zero-order valence-corrected chi connectivity index (χ0v) is 17.6. The van der Waals surface area contributed by atoms with Gasteiger partial charge in [-0.2, -0.15) is 0 Å². The van der Waals surface area contributed by atoms with E-state index >= 15 is 0 Å². The molecule has 154 valence electrons. The molecule has 0 unspecified atom stereocenters. The highest BCUT2D eigenvalue weighted by Crippen LogP contribution is 2.23. The summed E-state index contributed by atoms with van der Waals surface area (Å²) in [5.41, 5.74) is 3.57. The van der Waals surface area contributed by atoms with Gasteiger partial charge in [0.25, 0.3) is 5.91 Å². The van der Waals surface area contributed by atoms with Crippen molar-refractivity contribution in [3.05, 3.63) is 88.3 Å². The Bertz CT molecular complexity index is 1420. The molecule has 3 N–H and O–H groups in total. The van der Waals surface area contributed by atoms with Gasteiger partial charge < -0.3 is 15.6 Å². The smallest absolute Gasteiger partial charge is 0.276 e. The minimum atomic E-state index is -0.295. The van der Waals surface area contributed by atoms with Gasteiger partial charge in [0.2, 0.25) is 0 Å². The molecule has 0 aliphatic carbocycles. The third kappa shape index (κ3) is 3.93. The van der Waals surface area contributed by atoms with Gasteiger partial charge in [-0.25, -0.2) is 9.50 Å². The van der Waals surface area contributed by atoms with Crippen molar-refractivity contribution in [3.8, 4) is 0 Å². The third-order valence-corrected chi connectivity index (χ3v) is 5.60. The Morgan fingerprint density at radius 2 is 1.94 bits per heavy atom. The Kier molecular flexibility index (Phi) is 4.97. The molecule has 5 rings (SSSR count). The van der Waals surface area contributed by atoms with Crippen LogP contribution in [-0.2, 0) is 6.54 Å². The molecule has 0 aliphatic rings. The van der Waals surface area contributed by atoms with Gasteiger partial charge in [-0.3, -0.25) is 4.79 Å². The number of anilines is 2. The summed E-state index contributed by atoms with van der Waals surface area (Å²) >= 11 is 12.0. The largest absolute Gasteiger partial charge is 0.365 e. The maximum Gasteiger partial charge on any atom is 0.276 e. The topological polar surface area (TPSA) is 87.1 Å². The molecule has 7 nitrogen and oxygen atoms in total. The lowest BCUT2D eigenvalue weighted by Gasteiger charge is -2.08. The van der Waals surface area contributed by atoms with E-state index in [-0.39, 0.29) is 5.91 Å². The minimum absolute atomic E-state index is 0.295. The first kappa shape index (κ1) is 19.4. The highest BCUT2D eigenvalue weighted by molar-refractivity contribution is 6.42. The number of halogens is 2. The van der Waals surface area contributed by atoms with Crippen LogP contribution in [0.3, 0.4) is 0 Å². The first-order valence-corrected chi connectivity index (χ1v) is 10.2. The number of aromatic nitrogens is 4. The van der Waals surface area contributed by atoms with Crippen molar-refractivity contribution in [1.82, 2.24) is 19.6 Å². The van der Waals surface area contributed by atoms with Gasteiger partial charge in [0.05, 0.1) is 16.2 Å². The van der Waals surface area contributed by atoms with Crippen LogP contribution in [0.15, 0.2) is 67.0 Å². The maximum atomic E-state index is 12.9. The zero-order chi connectivity index (χ0) is 21.4. The fourth-order valence-corrected chi connectivity index (χ4v) is 3.61. The number of nitrogens with zero attached hydrogens (tertiary/aromatic N) is 3. The predicted octanol–water partition coefficient (Wildman–Crippen LogP) is 5.38. The van der Waals surface area contributed by atoms with Crippen LogP contribution in [0.4, 0.5) is 11.5 Å². The van der Waals surface area contributed by atoms with Crippen LogP contribution in [0, 0.1) is 0 Å². The second kappa shape index (κ2) is 7.94. The van der Waals surface area contributed by atoms with E-state index in [0.717, 1.165) is 16.5 Å². The molecule has 0 fully saturated rings. The molecule has 3 aromatic heterocycles. The average molecular weight is 451 g/mol. The van der Waals surface area contributed by atoms with Crippen molar-refractivity contribution in [2.45, 2.75) is 6.54 Å². The Balaban J connectivity index is 1.36. The number of rotatable bonds is 5. The summed E-state index contributed by atoms with van der Waals surface area (Å²) in [7, 11) is 0. The Morgan fingerprint density at radius 1 is 1.03 bits per heavy atom. The van der Waals surface area contributed by atoms with Crippen molar-refractivity contribution in [1.29, 1.82) is 0 Å². The first-order chi connectivity index (χ1) is 15.1. The summed E-state index contributed by atoms with van der Waals surface area (Å²) in [5, 5.41) is 12.7. The minimum Gasteiger partial charge on any atom is -0.365 e. The van der Waals surface area contributed by atoms with E-state index in [2.05, 4.69) is 25.7 Å². The summed E-state index contributed by atoms with van der Waals surface area (Å²) in [6.45, 7) is 0.502. The number of amides is 1. The number of carbonyl (C=O) groups is 1. The van der Waals surface area contributed by atoms with E-state index in [1.54, 1.807) is 24.3 Å². The van der Waals surface area contributed by atoms with Crippen molar-refractivity contribution < 1.29 is 4.79 Å². The van der Waals surface area contributed by atoms with Crippen LogP contribution >= 0.6 is 23.2 Å². The number of fused-ring (bicyclic) bond motifs is 2. The monoisotopic (exact) mass is 450 g/mol. The molecule has 3 heterocycles. The summed E-state index contributed by atoms with van der Waals surface area (Å²) in [6, 6.07) is 16.7. The van der Waals surface area contributed by atoms with Gasteiger partial charge >= 0.3 is 0 Å². The standard InChI is InChI=1S/C22H16Cl2N6O/c23-16-3-1-13(9-17(16)24)11-26-20-5-6-21-27-12-19(30(21)29-20)22(31)28-15-2-4-18-14(10-15)7-8-25-18/h1-10,12,25H,11H2,(H,26,29)(H,28,31). The third-order valence-electron chi connectivity index (χ3n) is 4.86. The molecule has 0 aliphatic heterocycles. The van der Waals surface area contributed by atoms with Gasteiger partial charge in [0.1, 0.15) is 5.82 Å². The molecule has 2 aromatic carbocycles. The number of aromatic amines is 1. The normalized spacial score (nSPS) is 11.2. The molecule has 5 aromatic rings. The van der Waals surface area contributed by atoms with Crippen LogP contribution in [0.1, 0.15) is 16.1 Å². The fraction of sp³-hybridized carbons (Fsp3) is 0.0455. The number of imidazole rings is 1. The molecule has 0 spiro atoms. The lowest BCUT2D eigenvalue weighted by Crippen LogP contribution is -2.16. The van der Waals surface area contributed by atoms with Crippen molar-refractivity contribution in [2.24, 2.45) is 0 Å². The highest BCUT2D eigenvalue weighted by atomic mass is 35.5. The summed E-state index contributed by atoms with van der Waals surface area (Å²) in [6.07, 6.45) is 3.37. The maximum absolute atomic E-state index is 12.9. The van der Waals surface area contributed by atoms with Crippen LogP contribution in [0.2, 0.25) is 10.0 Å². The second-order valence-corrected chi connectivity index (χ2v) is 7.78. The van der Waals surface area contributed by atoms with E-state index in [1.807, 2.05) is 36.5 Å². The van der Waals surface area contributed by atoms with Crippen LogP contribution in [-0.4, -0.2) is 25.5 Å². The molecule has 0 atom stereocenters. The van der Waals surface area contributed by atoms with Gasteiger partial charge in [0, 0.05) is 29.3 Å². The number of hydrogen-bond acceptors (Lipinski definition) is 4. The number of benzene rings is 2. The molecule has 9 heteroatoms. The van der Waals surface area contributed by atoms with Gasteiger partial charge in [-0.1, -0.05) is 29.3 Å². The van der Waals surface area contributed by atoms with Gasteiger partial charge in [-0.05, 0) is 54.1 Å². The number of carbonyl (C=O) groups excluding carboxylic acids is 1. The fourth-order valence-electron chi connectivity index (χ4n) is 3.29. The molecular formula is C22H16Cl2N6O. The summed E-state index contributed by atoms with van der Waals surface area (Å²) in [4.78, 5) is 20.3. The summed E-state index contributed by atoms with van der Waals surface area (Å²) in [5.74, 6) is 0.302. The van der Waals surface area contributed by atoms with E-state index in [0.29, 0.717) is 39.4 Å². The van der Waals surface area contributed by atoms with Crippen LogP contribution < -0.4 is 10.6 Å². The van der Waals surface area contributed by atoms with Gasteiger partial charge in [0.15, 0.2) is 11.3 Å². The predicted molar refractivity (Wildman–Crippen MR) is 123 cm³/mol. The van der Waals surface area contributed by atoms with E-state index in [4.69, 9.17) is 23.2 Å². The molecule has 0 bridgehead atoms.